The van der Waals surface area contributed by atoms with Gasteiger partial charge in [0, 0.05) is 19.2 Å². The first kappa shape index (κ1) is 17.5. The Kier molecular flexibility index (Phi) is 4.77. The number of rotatable bonds is 4. The molecule has 1 aliphatic heterocycles. The number of carbonyl (C=O) groups is 2. The molecule has 6 nitrogen and oxygen atoms in total. The molecular weight excluding hydrogens is 364 g/mol. The number of methoxy groups -OCH3 is 1. The summed E-state index contributed by atoms with van der Waals surface area (Å²) in [4.78, 5) is 30.8. The van der Waals surface area contributed by atoms with E-state index in [-0.39, 0.29) is 0 Å². The van der Waals surface area contributed by atoms with Crippen LogP contribution in [0.1, 0.15) is 33.6 Å². The SMILES string of the molecule is COC(=O)c1ccc(C(=O)Oc2ccc3nc(N4CCCC4)sc3c2)cc1. The van der Waals surface area contributed by atoms with Crippen molar-refractivity contribution in [2.45, 2.75) is 12.8 Å². The molecule has 138 valence electrons. The third-order valence-electron chi connectivity index (χ3n) is 4.48. The standard InChI is InChI=1S/C20H18N2O4S/c1-25-18(23)13-4-6-14(7-5-13)19(24)26-15-8-9-16-17(12-15)27-20(21-16)22-10-2-3-11-22/h4-9,12H,2-3,10-11H2,1H3. The lowest BCUT2D eigenvalue weighted by molar-refractivity contribution is 0.0599. The number of benzene rings is 2. The average molecular weight is 382 g/mol. The summed E-state index contributed by atoms with van der Waals surface area (Å²) in [7, 11) is 1.31. The highest BCUT2D eigenvalue weighted by Crippen LogP contribution is 2.33. The zero-order valence-electron chi connectivity index (χ0n) is 14.8. The van der Waals surface area contributed by atoms with E-state index in [1.807, 2.05) is 12.1 Å². The average Bonchev–Trinajstić information content (AvgIpc) is 3.36. The Bertz CT molecular complexity index is 991. The first-order chi connectivity index (χ1) is 13.1. The molecule has 0 unspecified atom stereocenters. The lowest BCUT2D eigenvalue weighted by atomic mass is 10.1. The van der Waals surface area contributed by atoms with Crippen molar-refractivity contribution in [3.8, 4) is 5.75 Å². The van der Waals surface area contributed by atoms with E-state index in [0.29, 0.717) is 16.9 Å². The molecule has 1 saturated heterocycles. The Morgan fingerprint density at radius 2 is 1.67 bits per heavy atom. The first-order valence-corrected chi connectivity index (χ1v) is 9.52. The number of aromatic nitrogens is 1. The van der Waals surface area contributed by atoms with Gasteiger partial charge in [0.1, 0.15) is 5.75 Å². The van der Waals surface area contributed by atoms with Crippen LogP contribution < -0.4 is 9.64 Å². The molecule has 0 saturated carbocycles. The number of fused-ring (bicyclic) bond motifs is 1. The summed E-state index contributed by atoms with van der Waals surface area (Å²) in [6, 6.07) is 11.6. The zero-order valence-corrected chi connectivity index (χ0v) is 15.6. The maximum Gasteiger partial charge on any atom is 0.343 e. The van der Waals surface area contributed by atoms with Gasteiger partial charge in [0.05, 0.1) is 28.5 Å². The summed E-state index contributed by atoms with van der Waals surface area (Å²) in [5.74, 6) is -0.449. The fraction of sp³-hybridized carbons (Fsp3) is 0.250. The first-order valence-electron chi connectivity index (χ1n) is 8.70. The van der Waals surface area contributed by atoms with Crippen molar-refractivity contribution in [3.63, 3.8) is 0 Å². The molecule has 3 aromatic rings. The van der Waals surface area contributed by atoms with E-state index in [0.717, 1.165) is 28.4 Å². The van der Waals surface area contributed by atoms with Gasteiger partial charge in [0.2, 0.25) is 0 Å². The van der Waals surface area contributed by atoms with Crippen LogP contribution in [0.2, 0.25) is 0 Å². The molecule has 1 aromatic heterocycles. The topological polar surface area (TPSA) is 68.7 Å². The Morgan fingerprint density at radius 1 is 1.00 bits per heavy atom. The summed E-state index contributed by atoms with van der Waals surface area (Å²) >= 11 is 1.61. The zero-order chi connectivity index (χ0) is 18.8. The van der Waals surface area contributed by atoms with E-state index in [1.165, 1.54) is 32.1 Å². The second kappa shape index (κ2) is 7.36. The van der Waals surface area contributed by atoms with Crippen LogP contribution in [0.4, 0.5) is 5.13 Å². The number of hydrogen-bond acceptors (Lipinski definition) is 7. The summed E-state index contributed by atoms with van der Waals surface area (Å²) in [6.07, 6.45) is 2.40. The normalized spacial score (nSPS) is 13.7. The molecule has 0 amide bonds. The molecule has 1 aliphatic rings. The van der Waals surface area contributed by atoms with E-state index in [4.69, 9.17) is 4.74 Å². The highest BCUT2D eigenvalue weighted by Gasteiger charge is 2.17. The van der Waals surface area contributed by atoms with Crippen LogP contribution in [0.5, 0.6) is 5.75 Å². The molecule has 2 aromatic carbocycles. The molecule has 27 heavy (non-hydrogen) atoms. The van der Waals surface area contributed by atoms with Gasteiger partial charge in [-0.1, -0.05) is 11.3 Å². The quantitative estimate of drug-likeness (QED) is 0.503. The van der Waals surface area contributed by atoms with Gasteiger partial charge in [-0.25, -0.2) is 14.6 Å². The molecule has 2 heterocycles. The Balaban J connectivity index is 1.50. The summed E-state index contributed by atoms with van der Waals surface area (Å²) < 4.78 is 11.1. The van der Waals surface area contributed by atoms with Crippen LogP contribution in [0.3, 0.4) is 0 Å². The summed E-state index contributed by atoms with van der Waals surface area (Å²) in [5, 5.41) is 1.02. The highest BCUT2D eigenvalue weighted by molar-refractivity contribution is 7.22. The predicted molar refractivity (Wildman–Crippen MR) is 104 cm³/mol. The number of ether oxygens (including phenoxy) is 2. The minimum atomic E-state index is -0.477. The van der Waals surface area contributed by atoms with Crippen LogP contribution in [0.15, 0.2) is 42.5 Å². The molecule has 4 rings (SSSR count). The minimum Gasteiger partial charge on any atom is -0.465 e. The summed E-state index contributed by atoms with van der Waals surface area (Å²) in [5.41, 5.74) is 1.66. The highest BCUT2D eigenvalue weighted by atomic mass is 32.1. The number of anilines is 1. The van der Waals surface area contributed by atoms with Gasteiger partial charge in [-0.3, -0.25) is 0 Å². The van der Waals surface area contributed by atoms with Crippen LogP contribution in [-0.4, -0.2) is 37.1 Å². The van der Waals surface area contributed by atoms with Gasteiger partial charge < -0.3 is 14.4 Å². The van der Waals surface area contributed by atoms with E-state index in [9.17, 15) is 9.59 Å². The molecule has 0 spiro atoms. The van der Waals surface area contributed by atoms with Crippen molar-refractivity contribution in [2.75, 3.05) is 25.1 Å². The van der Waals surface area contributed by atoms with Crippen LogP contribution >= 0.6 is 11.3 Å². The van der Waals surface area contributed by atoms with Crippen molar-refractivity contribution in [2.24, 2.45) is 0 Å². The number of thiazole rings is 1. The van der Waals surface area contributed by atoms with E-state index in [1.54, 1.807) is 29.5 Å². The van der Waals surface area contributed by atoms with E-state index in [2.05, 4.69) is 14.6 Å². The third-order valence-corrected chi connectivity index (χ3v) is 5.56. The molecule has 0 N–H and O–H groups in total. The van der Waals surface area contributed by atoms with Gasteiger partial charge in [-0.05, 0) is 49.2 Å². The monoisotopic (exact) mass is 382 g/mol. The second-order valence-electron chi connectivity index (χ2n) is 6.28. The molecule has 0 aliphatic carbocycles. The molecule has 7 heteroatoms. The van der Waals surface area contributed by atoms with E-state index >= 15 is 0 Å². The van der Waals surface area contributed by atoms with Gasteiger partial charge in [0.25, 0.3) is 0 Å². The lowest BCUT2D eigenvalue weighted by Crippen LogP contribution is -2.16. The lowest BCUT2D eigenvalue weighted by Gasteiger charge is -2.11. The maximum absolute atomic E-state index is 12.4. The molecule has 0 bridgehead atoms. The fourth-order valence-corrected chi connectivity index (χ4v) is 4.07. The molecular formula is C20H18N2O4S. The minimum absolute atomic E-state index is 0.366. The Morgan fingerprint density at radius 3 is 2.33 bits per heavy atom. The number of esters is 2. The smallest absolute Gasteiger partial charge is 0.343 e. The number of carbonyl (C=O) groups excluding carboxylic acids is 2. The number of hydrogen-bond donors (Lipinski definition) is 0. The van der Waals surface area contributed by atoms with Crippen molar-refractivity contribution in [1.82, 2.24) is 4.98 Å². The molecule has 1 fully saturated rings. The predicted octanol–water partition coefficient (Wildman–Crippen LogP) is 3.90. The van der Waals surface area contributed by atoms with Gasteiger partial charge >= 0.3 is 11.9 Å². The van der Waals surface area contributed by atoms with Crippen molar-refractivity contribution in [3.05, 3.63) is 53.6 Å². The Labute approximate surface area is 160 Å². The van der Waals surface area contributed by atoms with Gasteiger partial charge in [0.15, 0.2) is 5.13 Å². The number of nitrogens with zero attached hydrogens (tertiary/aromatic N) is 2. The van der Waals surface area contributed by atoms with Crippen LogP contribution in [0, 0.1) is 0 Å². The van der Waals surface area contributed by atoms with Crippen LogP contribution in [0.25, 0.3) is 10.2 Å². The molecule has 0 radical (unpaired) electrons. The molecule has 0 atom stereocenters. The third kappa shape index (κ3) is 3.64. The van der Waals surface area contributed by atoms with Crippen molar-refractivity contribution in [1.29, 1.82) is 0 Å². The van der Waals surface area contributed by atoms with Crippen molar-refractivity contribution < 1.29 is 19.1 Å². The fourth-order valence-electron chi connectivity index (χ4n) is 3.03. The van der Waals surface area contributed by atoms with Gasteiger partial charge in [-0.2, -0.15) is 0 Å². The second-order valence-corrected chi connectivity index (χ2v) is 7.29. The Hall–Kier alpha value is -2.93. The summed E-state index contributed by atoms with van der Waals surface area (Å²) in [6.45, 7) is 2.09. The van der Waals surface area contributed by atoms with Gasteiger partial charge in [-0.15, -0.1) is 0 Å². The van der Waals surface area contributed by atoms with Crippen molar-refractivity contribution >= 4 is 38.6 Å². The van der Waals surface area contributed by atoms with E-state index < -0.39 is 11.9 Å². The van der Waals surface area contributed by atoms with Crippen LogP contribution in [-0.2, 0) is 4.74 Å². The largest absolute Gasteiger partial charge is 0.465 e. The maximum atomic E-state index is 12.4.